The number of hydrogen-bond donors (Lipinski definition) is 1. The lowest BCUT2D eigenvalue weighted by Crippen LogP contribution is -2.48. The van der Waals surface area contributed by atoms with E-state index in [1.807, 2.05) is 50.8 Å². The third-order valence-corrected chi connectivity index (χ3v) is 4.98. The molecule has 0 aliphatic carbocycles. The van der Waals surface area contributed by atoms with Crippen molar-refractivity contribution >= 4 is 17.6 Å². The molecular weight excluding hydrogens is 302 g/mol. The monoisotopic (exact) mass is 331 g/mol. The standard InChI is InChI=1S/C19H29N3O2/c1-5-21(6-2)18(23)16-10-8-12-22(13-16)19(24)20-17-11-7-9-14(3)15(17)4/h7,9,11,16H,5-6,8,10,12-13H2,1-4H3,(H,20,24). The Morgan fingerprint density at radius 2 is 1.96 bits per heavy atom. The van der Waals surface area contributed by atoms with Gasteiger partial charge in [0.1, 0.15) is 0 Å². The Hall–Kier alpha value is -2.04. The summed E-state index contributed by atoms with van der Waals surface area (Å²) >= 11 is 0. The largest absolute Gasteiger partial charge is 0.343 e. The normalized spacial score (nSPS) is 17.5. The van der Waals surface area contributed by atoms with Gasteiger partial charge in [-0.1, -0.05) is 12.1 Å². The molecule has 1 aliphatic rings. The summed E-state index contributed by atoms with van der Waals surface area (Å²) in [5, 5.41) is 3.00. The number of nitrogens with one attached hydrogen (secondary N) is 1. The summed E-state index contributed by atoms with van der Waals surface area (Å²) < 4.78 is 0. The topological polar surface area (TPSA) is 52.7 Å². The number of carbonyl (C=O) groups is 2. The number of amides is 3. The first kappa shape index (κ1) is 18.3. The fraction of sp³-hybridized carbons (Fsp3) is 0.579. The van der Waals surface area contributed by atoms with Gasteiger partial charge in [0.15, 0.2) is 0 Å². The molecule has 1 N–H and O–H groups in total. The fourth-order valence-corrected chi connectivity index (χ4v) is 3.24. The summed E-state index contributed by atoms with van der Waals surface area (Å²) in [7, 11) is 0. The maximum absolute atomic E-state index is 12.6. The van der Waals surface area contributed by atoms with Gasteiger partial charge in [0.25, 0.3) is 0 Å². The van der Waals surface area contributed by atoms with Crippen LogP contribution in [0.3, 0.4) is 0 Å². The van der Waals surface area contributed by atoms with Crippen LogP contribution in [0.1, 0.15) is 37.8 Å². The first-order chi connectivity index (χ1) is 11.5. The van der Waals surface area contributed by atoms with E-state index in [9.17, 15) is 9.59 Å². The molecule has 1 heterocycles. The Bertz CT molecular complexity index is 596. The molecule has 1 unspecified atom stereocenters. The minimum atomic E-state index is -0.110. The number of aryl methyl sites for hydroxylation is 1. The van der Waals surface area contributed by atoms with Gasteiger partial charge in [-0.25, -0.2) is 4.79 Å². The second-order valence-electron chi connectivity index (χ2n) is 6.47. The van der Waals surface area contributed by atoms with Gasteiger partial charge in [-0.05, 0) is 57.7 Å². The Kier molecular flexibility index (Phi) is 6.23. The van der Waals surface area contributed by atoms with Crippen LogP contribution in [0.2, 0.25) is 0 Å². The van der Waals surface area contributed by atoms with Crippen molar-refractivity contribution < 1.29 is 9.59 Å². The van der Waals surface area contributed by atoms with Crippen LogP contribution in [0.5, 0.6) is 0 Å². The van der Waals surface area contributed by atoms with Gasteiger partial charge in [0.05, 0.1) is 5.92 Å². The van der Waals surface area contributed by atoms with Crippen LogP contribution >= 0.6 is 0 Å². The van der Waals surface area contributed by atoms with Crippen molar-refractivity contribution in [1.29, 1.82) is 0 Å². The average Bonchev–Trinajstić information content (AvgIpc) is 2.60. The summed E-state index contributed by atoms with van der Waals surface area (Å²) in [5.41, 5.74) is 3.08. The van der Waals surface area contributed by atoms with E-state index in [1.54, 1.807) is 4.90 Å². The van der Waals surface area contributed by atoms with Crippen LogP contribution in [0.4, 0.5) is 10.5 Å². The molecule has 5 heteroatoms. The highest BCUT2D eigenvalue weighted by atomic mass is 16.2. The highest BCUT2D eigenvalue weighted by Crippen LogP contribution is 2.22. The number of nitrogens with zero attached hydrogens (tertiary/aromatic N) is 2. The predicted octanol–water partition coefficient (Wildman–Crippen LogP) is 3.42. The molecule has 5 nitrogen and oxygen atoms in total. The summed E-state index contributed by atoms with van der Waals surface area (Å²) in [6, 6.07) is 5.79. The maximum Gasteiger partial charge on any atom is 0.321 e. The highest BCUT2D eigenvalue weighted by molar-refractivity contribution is 5.91. The van der Waals surface area contributed by atoms with Crippen molar-refractivity contribution in [2.45, 2.75) is 40.5 Å². The number of piperidine rings is 1. The predicted molar refractivity (Wildman–Crippen MR) is 97.2 cm³/mol. The molecule has 2 rings (SSSR count). The molecule has 0 spiro atoms. The number of anilines is 1. The van der Waals surface area contributed by atoms with E-state index >= 15 is 0 Å². The molecule has 3 amide bonds. The first-order valence-corrected chi connectivity index (χ1v) is 8.88. The second kappa shape index (κ2) is 8.18. The van der Waals surface area contributed by atoms with Crippen LogP contribution in [0.25, 0.3) is 0 Å². The molecule has 132 valence electrons. The number of benzene rings is 1. The fourth-order valence-electron chi connectivity index (χ4n) is 3.24. The summed E-state index contributed by atoms with van der Waals surface area (Å²) in [4.78, 5) is 28.8. The summed E-state index contributed by atoms with van der Waals surface area (Å²) in [6.07, 6.45) is 1.74. The molecule has 0 radical (unpaired) electrons. The maximum atomic E-state index is 12.6. The molecule has 24 heavy (non-hydrogen) atoms. The van der Waals surface area contributed by atoms with E-state index in [4.69, 9.17) is 0 Å². The highest BCUT2D eigenvalue weighted by Gasteiger charge is 2.30. The number of urea groups is 1. The average molecular weight is 331 g/mol. The molecule has 1 aliphatic heterocycles. The minimum absolute atomic E-state index is 0.0805. The second-order valence-corrected chi connectivity index (χ2v) is 6.47. The molecule has 1 aromatic carbocycles. The lowest BCUT2D eigenvalue weighted by atomic mass is 9.96. The first-order valence-electron chi connectivity index (χ1n) is 8.88. The van der Waals surface area contributed by atoms with Crippen molar-refractivity contribution in [3.63, 3.8) is 0 Å². The van der Waals surface area contributed by atoms with Crippen LogP contribution < -0.4 is 5.32 Å². The minimum Gasteiger partial charge on any atom is -0.343 e. The molecular formula is C19H29N3O2. The SMILES string of the molecule is CCN(CC)C(=O)C1CCCN(C(=O)Nc2cccc(C)c2C)C1. The quantitative estimate of drug-likeness (QED) is 0.919. The van der Waals surface area contributed by atoms with Gasteiger partial charge < -0.3 is 15.1 Å². The Morgan fingerprint density at radius 1 is 1.25 bits per heavy atom. The van der Waals surface area contributed by atoms with Crippen molar-refractivity contribution in [3.05, 3.63) is 29.3 Å². The van der Waals surface area contributed by atoms with Crippen molar-refractivity contribution in [2.75, 3.05) is 31.5 Å². The van der Waals surface area contributed by atoms with E-state index < -0.39 is 0 Å². The molecule has 0 aromatic heterocycles. The third kappa shape index (κ3) is 4.08. The number of likely N-dealkylation sites (tertiary alicyclic amines) is 1. The third-order valence-electron chi connectivity index (χ3n) is 4.98. The van der Waals surface area contributed by atoms with E-state index in [0.717, 1.165) is 42.7 Å². The molecule has 1 fully saturated rings. The lowest BCUT2D eigenvalue weighted by Gasteiger charge is -2.34. The Balaban J connectivity index is 2.02. The number of rotatable bonds is 4. The Labute approximate surface area is 145 Å². The van der Waals surface area contributed by atoms with Crippen molar-refractivity contribution in [3.8, 4) is 0 Å². The van der Waals surface area contributed by atoms with E-state index in [0.29, 0.717) is 13.1 Å². The smallest absolute Gasteiger partial charge is 0.321 e. The van der Waals surface area contributed by atoms with Crippen LogP contribution in [0.15, 0.2) is 18.2 Å². The van der Waals surface area contributed by atoms with E-state index in [-0.39, 0.29) is 17.9 Å². The summed E-state index contributed by atoms with van der Waals surface area (Å²) in [6.45, 7) is 10.7. The van der Waals surface area contributed by atoms with Gasteiger partial charge in [0, 0.05) is 31.9 Å². The molecule has 0 bridgehead atoms. The Morgan fingerprint density at radius 3 is 2.62 bits per heavy atom. The zero-order valence-electron chi connectivity index (χ0n) is 15.3. The van der Waals surface area contributed by atoms with Crippen LogP contribution in [-0.2, 0) is 4.79 Å². The summed E-state index contributed by atoms with van der Waals surface area (Å²) in [5.74, 6) is 0.0900. The van der Waals surface area contributed by atoms with E-state index in [2.05, 4.69) is 5.32 Å². The number of carbonyl (C=O) groups excluding carboxylic acids is 2. The van der Waals surface area contributed by atoms with E-state index in [1.165, 1.54) is 0 Å². The van der Waals surface area contributed by atoms with Gasteiger partial charge in [-0.2, -0.15) is 0 Å². The van der Waals surface area contributed by atoms with Gasteiger partial charge in [0.2, 0.25) is 5.91 Å². The van der Waals surface area contributed by atoms with Crippen molar-refractivity contribution in [2.24, 2.45) is 5.92 Å². The van der Waals surface area contributed by atoms with Crippen LogP contribution in [-0.4, -0.2) is 47.9 Å². The van der Waals surface area contributed by atoms with Gasteiger partial charge >= 0.3 is 6.03 Å². The molecule has 1 saturated heterocycles. The van der Waals surface area contributed by atoms with Gasteiger partial charge in [-0.15, -0.1) is 0 Å². The zero-order valence-corrected chi connectivity index (χ0v) is 15.3. The number of hydrogen-bond acceptors (Lipinski definition) is 2. The molecule has 1 aromatic rings. The molecule has 1 atom stereocenters. The van der Waals surface area contributed by atoms with Gasteiger partial charge in [-0.3, -0.25) is 4.79 Å². The zero-order chi connectivity index (χ0) is 17.7. The van der Waals surface area contributed by atoms with Crippen molar-refractivity contribution in [1.82, 2.24) is 9.80 Å². The lowest BCUT2D eigenvalue weighted by molar-refractivity contribution is -0.136. The van der Waals surface area contributed by atoms with Crippen LogP contribution in [0, 0.1) is 19.8 Å². The molecule has 0 saturated carbocycles.